The molecule has 2 amide bonds. The molecule has 34 heavy (non-hydrogen) atoms. The number of hydrogen-bond donors (Lipinski definition) is 3. The molecule has 3 aromatic rings. The van der Waals surface area contributed by atoms with Gasteiger partial charge in [-0.3, -0.25) is 9.59 Å². The number of phenols is 1. The molecular weight excluding hydrogens is 562 g/mol. The molecule has 0 aromatic heterocycles. The molecular formula is C26H25Br2N3O3. The first kappa shape index (κ1) is 25.6. The zero-order chi connectivity index (χ0) is 24.7. The van der Waals surface area contributed by atoms with Crippen molar-refractivity contribution < 1.29 is 14.7 Å². The van der Waals surface area contributed by atoms with E-state index in [0.717, 1.165) is 11.1 Å². The summed E-state index contributed by atoms with van der Waals surface area (Å²) in [5, 5.41) is 16.8. The Morgan fingerprint density at radius 2 is 1.38 bits per heavy atom. The molecule has 3 aromatic carbocycles. The van der Waals surface area contributed by atoms with Gasteiger partial charge in [-0.2, -0.15) is 5.10 Å². The monoisotopic (exact) mass is 585 g/mol. The molecule has 0 spiro atoms. The smallest absolute Gasteiger partial charge is 0.262 e. The third-order valence-corrected chi connectivity index (χ3v) is 6.41. The van der Waals surface area contributed by atoms with Crippen molar-refractivity contribution in [1.29, 1.82) is 0 Å². The lowest BCUT2D eigenvalue weighted by molar-refractivity contribution is -0.130. The summed E-state index contributed by atoms with van der Waals surface area (Å²) in [4.78, 5) is 26.3. The van der Waals surface area contributed by atoms with Crippen LogP contribution < -0.4 is 10.7 Å². The van der Waals surface area contributed by atoms with Gasteiger partial charge in [0.15, 0.2) is 0 Å². The van der Waals surface area contributed by atoms with E-state index >= 15 is 0 Å². The zero-order valence-electron chi connectivity index (χ0n) is 18.7. The van der Waals surface area contributed by atoms with Gasteiger partial charge in [0, 0.05) is 0 Å². The average molecular weight is 587 g/mol. The van der Waals surface area contributed by atoms with Crippen LogP contribution in [0, 0.1) is 5.92 Å². The summed E-state index contributed by atoms with van der Waals surface area (Å²) in [6.45, 7) is 3.73. The highest BCUT2D eigenvalue weighted by molar-refractivity contribution is 9.11. The van der Waals surface area contributed by atoms with Gasteiger partial charge >= 0.3 is 0 Å². The number of rotatable bonds is 8. The Balaban J connectivity index is 1.76. The Hall–Kier alpha value is -2.97. The third-order valence-electron chi connectivity index (χ3n) is 5.20. The predicted molar refractivity (Wildman–Crippen MR) is 141 cm³/mol. The highest BCUT2D eigenvalue weighted by Gasteiger charge is 2.29. The van der Waals surface area contributed by atoms with Crippen molar-refractivity contribution in [3.05, 3.63) is 98.4 Å². The molecule has 3 N–H and O–H groups in total. The third kappa shape index (κ3) is 6.55. The Morgan fingerprint density at radius 3 is 1.85 bits per heavy atom. The first-order valence-electron chi connectivity index (χ1n) is 10.7. The number of carbonyl (C=O) groups excluding carboxylic acids is 2. The summed E-state index contributed by atoms with van der Waals surface area (Å²) in [6.07, 6.45) is 1.46. The van der Waals surface area contributed by atoms with Crippen LogP contribution >= 0.6 is 31.9 Å². The second-order valence-corrected chi connectivity index (χ2v) is 9.76. The van der Waals surface area contributed by atoms with E-state index < -0.39 is 17.9 Å². The molecule has 0 aliphatic rings. The predicted octanol–water partition coefficient (Wildman–Crippen LogP) is 5.34. The van der Waals surface area contributed by atoms with E-state index in [1.54, 1.807) is 12.1 Å². The molecule has 0 saturated heterocycles. The van der Waals surface area contributed by atoms with Crippen LogP contribution in [-0.2, 0) is 9.59 Å². The van der Waals surface area contributed by atoms with Gasteiger partial charge in [-0.05, 0) is 66.6 Å². The van der Waals surface area contributed by atoms with Crippen molar-refractivity contribution in [3.8, 4) is 5.75 Å². The Morgan fingerprint density at radius 1 is 0.882 bits per heavy atom. The fourth-order valence-electron chi connectivity index (χ4n) is 3.46. The Kier molecular flexibility index (Phi) is 9.01. The number of halogens is 2. The Bertz CT molecular complexity index is 1110. The second kappa shape index (κ2) is 11.9. The first-order chi connectivity index (χ1) is 16.3. The number of carbonyl (C=O) groups is 2. The molecule has 0 radical (unpaired) electrons. The lowest BCUT2D eigenvalue weighted by atomic mass is 9.89. The van der Waals surface area contributed by atoms with Gasteiger partial charge in [-0.1, -0.05) is 74.5 Å². The van der Waals surface area contributed by atoms with E-state index in [-0.39, 0.29) is 17.6 Å². The molecule has 8 heteroatoms. The molecule has 0 bridgehead atoms. The van der Waals surface area contributed by atoms with Crippen molar-refractivity contribution in [2.75, 3.05) is 0 Å². The summed E-state index contributed by atoms with van der Waals surface area (Å²) in [5.74, 6) is -1.32. The molecule has 6 nitrogen and oxygen atoms in total. The molecule has 0 fully saturated rings. The van der Waals surface area contributed by atoms with Crippen molar-refractivity contribution in [1.82, 2.24) is 10.7 Å². The van der Waals surface area contributed by atoms with Crippen LogP contribution in [0.25, 0.3) is 0 Å². The normalized spacial score (nSPS) is 12.2. The van der Waals surface area contributed by atoms with Crippen LogP contribution in [-0.4, -0.2) is 29.2 Å². The van der Waals surface area contributed by atoms with Crippen molar-refractivity contribution in [3.63, 3.8) is 0 Å². The Labute approximate surface area is 215 Å². The van der Waals surface area contributed by atoms with Gasteiger partial charge in [0.1, 0.15) is 11.8 Å². The largest absolute Gasteiger partial charge is 0.506 e. The fraction of sp³-hybridized carbons (Fsp3) is 0.192. The zero-order valence-corrected chi connectivity index (χ0v) is 21.9. The van der Waals surface area contributed by atoms with Gasteiger partial charge in [-0.25, -0.2) is 5.43 Å². The molecule has 176 valence electrons. The minimum atomic E-state index is -0.780. The fourth-order valence-corrected chi connectivity index (χ4v) is 4.68. The molecule has 0 aliphatic carbocycles. The molecule has 0 heterocycles. The lowest BCUT2D eigenvalue weighted by Gasteiger charge is -2.24. The van der Waals surface area contributed by atoms with Gasteiger partial charge in [-0.15, -0.1) is 0 Å². The van der Waals surface area contributed by atoms with E-state index in [1.807, 2.05) is 74.5 Å². The number of nitrogens with one attached hydrogen (secondary N) is 2. The molecule has 0 saturated carbocycles. The molecule has 1 unspecified atom stereocenters. The van der Waals surface area contributed by atoms with Crippen LogP contribution in [0.2, 0.25) is 0 Å². The lowest BCUT2D eigenvalue weighted by Crippen LogP contribution is -2.50. The highest BCUT2D eigenvalue weighted by Crippen LogP contribution is 2.32. The summed E-state index contributed by atoms with van der Waals surface area (Å²) < 4.78 is 0.990. The van der Waals surface area contributed by atoms with E-state index in [4.69, 9.17) is 0 Å². The number of aromatic hydroxyl groups is 1. The topological polar surface area (TPSA) is 90.8 Å². The van der Waals surface area contributed by atoms with Crippen LogP contribution in [0.15, 0.2) is 86.8 Å². The summed E-state index contributed by atoms with van der Waals surface area (Å²) in [6, 6.07) is 21.5. The second-order valence-electron chi connectivity index (χ2n) is 8.05. The number of nitrogens with zero attached hydrogens (tertiary/aromatic N) is 1. The van der Waals surface area contributed by atoms with E-state index in [2.05, 4.69) is 47.7 Å². The summed E-state index contributed by atoms with van der Waals surface area (Å²) in [5.41, 5.74) is 4.86. The first-order valence-corrected chi connectivity index (χ1v) is 12.3. The van der Waals surface area contributed by atoms with Crippen LogP contribution in [0.3, 0.4) is 0 Å². The minimum absolute atomic E-state index is 0.0788. The van der Waals surface area contributed by atoms with E-state index in [1.165, 1.54) is 6.21 Å². The maximum absolute atomic E-state index is 13.4. The number of hydrazone groups is 1. The summed E-state index contributed by atoms with van der Waals surface area (Å²) in [7, 11) is 0. The maximum Gasteiger partial charge on any atom is 0.262 e. The van der Waals surface area contributed by atoms with Gasteiger partial charge < -0.3 is 10.4 Å². The minimum Gasteiger partial charge on any atom is -0.506 e. The molecule has 1 atom stereocenters. The number of benzene rings is 3. The number of phenolic OH excluding ortho intramolecular Hbond substituents is 1. The van der Waals surface area contributed by atoms with Crippen molar-refractivity contribution >= 4 is 49.9 Å². The van der Waals surface area contributed by atoms with Crippen molar-refractivity contribution in [2.45, 2.75) is 25.8 Å². The van der Waals surface area contributed by atoms with Gasteiger partial charge in [0.25, 0.3) is 5.91 Å². The molecule has 3 rings (SSSR count). The quantitative estimate of drug-likeness (QED) is 0.246. The van der Waals surface area contributed by atoms with Crippen molar-refractivity contribution in [2.24, 2.45) is 11.0 Å². The summed E-state index contributed by atoms with van der Waals surface area (Å²) >= 11 is 6.53. The van der Waals surface area contributed by atoms with E-state index in [0.29, 0.717) is 14.5 Å². The average Bonchev–Trinajstić information content (AvgIpc) is 2.82. The number of amides is 2. The standard InChI is InChI=1S/C26H25Br2N3O3/c1-16(2)23(26(34)31-29-15-17-13-20(27)24(32)21(28)14-17)30-25(33)22(18-9-5-3-6-10-18)19-11-7-4-8-12-19/h3-16,22-23,32H,1-2H3,(H,30,33)(H,31,34)/b29-15+. The molecule has 0 aliphatic heterocycles. The SMILES string of the molecule is CC(C)C(NC(=O)C(c1ccccc1)c1ccccc1)C(=O)N/N=C/c1cc(Br)c(O)c(Br)c1. The van der Waals surface area contributed by atoms with Crippen LogP contribution in [0.5, 0.6) is 5.75 Å². The highest BCUT2D eigenvalue weighted by atomic mass is 79.9. The number of hydrogen-bond acceptors (Lipinski definition) is 4. The van der Waals surface area contributed by atoms with Crippen LogP contribution in [0.1, 0.15) is 36.5 Å². The van der Waals surface area contributed by atoms with E-state index in [9.17, 15) is 14.7 Å². The maximum atomic E-state index is 13.4. The van der Waals surface area contributed by atoms with Crippen LogP contribution in [0.4, 0.5) is 0 Å². The van der Waals surface area contributed by atoms with Gasteiger partial charge in [0.05, 0.1) is 21.1 Å². The van der Waals surface area contributed by atoms with Gasteiger partial charge in [0.2, 0.25) is 5.91 Å².